The van der Waals surface area contributed by atoms with Gasteiger partial charge >= 0.3 is 8.80 Å². The Morgan fingerprint density at radius 3 is 1.06 bits per heavy atom. The Hall–Kier alpha value is 0.274. The average Bonchev–Trinajstić information content (AvgIpc) is 2.18. The van der Waals surface area contributed by atoms with Crippen LogP contribution in [0.3, 0.4) is 0 Å². The van der Waals surface area contributed by atoms with Crippen LogP contribution in [0.2, 0.25) is 26.2 Å². The van der Waals surface area contributed by atoms with E-state index in [1.165, 1.54) is 0 Å². The largest absolute Gasteiger partial charge is 0.497 e. The molecule has 17 heavy (non-hydrogen) atoms. The van der Waals surface area contributed by atoms with E-state index in [1.807, 2.05) is 27.3 Å². The fraction of sp³-hybridized carbons (Fsp3) is 1.00. The lowest BCUT2D eigenvalue weighted by Crippen LogP contribution is -2.42. The van der Waals surface area contributed by atoms with Crippen LogP contribution in [0.25, 0.3) is 0 Å². The molecule has 0 aliphatic rings. The van der Waals surface area contributed by atoms with Gasteiger partial charge in [-0.15, -0.1) is 0 Å². The van der Waals surface area contributed by atoms with E-state index in [1.54, 1.807) is 7.11 Å². The number of hydrogen-bond donors (Lipinski definition) is 0. The zero-order valence-electron chi connectivity index (χ0n) is 12.8. The summed E-state index contributed by atoms with van der Waals surface area (Å²) in [5.74, 6) is 0. The summed E-state index contributed by atoms with van der Waals surface area (Å²) in [6.45, 7) is 16.2. The smallest absolute Gasteiger partial charge is 0.421 e. The van der Waals surface area contributed by atoms with Crippen molar-refractivity contribution in [3.63, 3.8) is 0 Å². The summed E-state index contributed by atoms with van der Waals surface area (Å²) in [6, 6.07) is 0. The van der Waals surface area contributed by atoms with Crippen LogP contribution in [0.5, 0.6) is 0 Å². The van der Waals surface area contributed by atoms with Gasteiger partial charge in [-0.1, -0.05) is 0 Å². The van der Waals surface area contributed by atoms with Crippen molar-refractivity contribution in [2.24, 2.45) is 0 Å². The van der Waals surface area contributed by atoms with E-state index in [9.17, 15) is 0 Å². The molecule has 0 aliphatic heterocycles. The molecule has 0 aliphatic carbocycles. The summed E-state index contributed by atoms with van der Waals surface area (Å²) in [7, 11) is -1.61. The van der Waals surface area contributed by atoms with Gasteiger partial charge in [0, 0.05) is 33.5 Å². The van der Waals surface area contributed by atoms with Crippen LogP contribution >= 0.6 is 0 Å². The lowest BCUT2D eigenvalue weighted by atomic mass is 10.9. The third-order valence-corrected chi connectivity index (χ3v) is 5.50. The Kier molecular flexibility index (Phi) is 11.8. The van der Waals surface area contributed by atoms with Crippen LogP contribution in [-0.2, 0) is 17.7 Å². The molecule has 0 fully saturated rings. The molecule has 0 radical (unpaired) electrons. The van der Waals surface area contributed by atoms with Crippen molar-refractivity contribution in [2.45, 2.75) is 47.0 Å². The Morgan fingerprint density at radius 1 is 0.706 bits per heavy atom. The lowest BCUT2D eigenvalue weighted by Gasteiger charge is -2.23. The Bertz CT molecular complexity index is 154. The van der Waals surface area contributed by atoms with Gasteiger partial charge in [-0.05, 0) is 40.4 Å². The van der Waals surface area contributed by atoms with Gasteiger partial charge in [0.1, 0.15) is 0 Å². The van der Waals surface area contributed by atoms with Crippen molar-refractivity contribution >= 4 is 17.1 Å². The maximum Gasteiger partial charge on any atom is 0.497 e. The van der Waals surface area contributed by atoms with Crippen LogP contribution in [0.4, 0.5) is 0 Å². The van der Waals surface area contributed by atoms with Gasteiger partial charge in [0.15, 0.2) is 8.32 Å². The van der Waals surface area contributed by atoms with Crippen molar-refractivity contribution < 1.29 is 17.7 Å². The van der Waals surface area contributed by atoms with Crippen LogP contribution in [-0.4, -0.2) is 44.1 Å². The molecule has 0 atom stereocenters. The third-order valence-electron chi connectivity index (χ3n) is 1.83. The minimum Gasteiger partial charge on any atom is -0.421 e. The summed E-state index contributed by atoms with van der Waals surface area (Å²) in [5, 5.41) is 0. The number of rotatable bonds is 7. The van der Waals surface area contributed by atoms with Crippen LogP contribution in [0.1, 0.15) is 20.8 Å². The fourth-order valence-corrected chi connectivity index (χ4v) is 2.73. The van der Waals surface area contributed by atoms with Gasteiger partial charge in [-0.2, -0.15) is 0 Å². The molecule has 0 heterocycles. The molecule has 0 spiro atoms. The summed E-state index contributed by atoms with van der Waals surface area (Å²) >= 11 is 0. The zero-order chi connectivity index (χ0) is 13.9. The minimum atomic E-state index is -2.25. The van der Waals surface area contributed by atoms with Crippen LogP contribution in [0, 0.1) is 0 Å². The summed E-state index contributed by atoms with van der Waals surface area (Å²) < 4.78 is 21.3. The summed E-state index contributed by atoms with van der Waals surface area (Å²) in [4.78, 5) is 0. The van der Waals surface area contributed by atoms with Gasteiger partial charge in [-0.25, -0.2) is 0 Å². The predicted molar refractivity (Wildman–Crippen MR) is 76.9 cm³/mol. The normalized spacial score (nSPS) is 12.0. The third kappa shape index (κ3) is 14.2. The van der Waals surface area contributed by atoms with Gasteiger partial charge < -0.3 is 17.7 Å². The van der Waals surface area contributed by atoms with E-state index in [0.29, 0.717) is 19.8 Å². The molecule has 0 aromatic heterocycles. The summed E-state index contributed by atoms with van der Waals surface area (Å²) in [5.41, 5.74) is 0. The Balaban J connectivity index is 0. The first-order valence-electron chi connectivity index (χ1n) is 6.21. The Labute approximate surface area is 109 Å². The second kappa shape index (κ2) is 10.2. The minimum absolute atomic E-state index is 0.655. The molecule has 0 rings (SSSR count). The fourth-order valence-electron chi connectivity index (χ4n) is 0.912. The van der Waals surface area contributed by atoms with Gasteiger partial charge in [0.2, 0.25) is 0 Å². The molecule has 0 N–H and O–H groups in total. The molecular weight excluding hydrogens is 252 g/mol. The molecule has 6 heteroatoms. The molecule has 0 bridgehead atoms. The van der Waals surface area contributed by atoms with Gasteiger partial charge in [-0.3, -0.25) is 0 Å². The van der Waals surface area contributed by atoms with E-state index < -0.39 is 17.1 Å². The first kappa shape index (κ1) is 19.6. The quantitative estimate of drug-likeness (QED) is 0.672. The van der Waals surface area contributed by atoms with Crippen molar-refractivity contribution in [1.29, 1.82) is 0 Å². The van der Waals surface area contributed by atoms with Gasteiger partial charge in [0.25, 0.3) is 0 Å². The first-order chi connectivity index (χ1) is 7.74. The molecule has 0 saturated heterocycles. The highest BCUT2D eigenvalue weighted by atomic mass is 28.4. The van der Waals surface area contributed by atoms with E-state index in [4.69, 9.17) is 17.7 Å². The molecule has 0 aromatic rings. The van der Waals surface area contributed by atoms with Crippen molar-refractivity contribution in [3.05, 3.63) is 0 Å². The predicted octanol–water partition coefficient (Wildman–Crippen LogP) is 3.13. The topological polar surface area (TPSA) is 36.9 Å². The zero-order valence-corrected chi connectivity index (χ0v) is 14.8. The Morgan fingerprint density at radius 2 is 0.941 bits per heavy atom. The highest BCUT2D eigenvalue weighted by Crippen LogP contribution is 2.08. The lowest BCUT2D eigenvalue weighted by molar-refractivity contribution is 0.0783. The van der Waals surface area contributed by atoms with Crippen molar-refractivity contribution in [1.82, 2.24) is 0 Å². The molecule has 4 nitrogen and oxygen atoms in total. The maximum absolute atomic E-state index is 5.40. The first-order valence-corrected chi connectivity index (χ1v) is 11.8. The monoisotopic (exact) mass is 282 g/mol. The summed E-state index contributed by atoms with van der Waals surface area (Å²) in [6.07, 6.45) is 0. The molecule has 0 saturated carbocycles. The molecule has 0 amide bonds. The van der Waals surface area contributed by atoms with E-state index in [2.05, 4.69) is 19.6 Å². The number of hydrogen-bond acceptors (Lipinski definition) is 4. The standard InChI is InChI=1S/C7H18O3Si.C4H12OSi/c1-5-8-11(4,9-6-2)10-7-3;1-5-6(2,3)4/h5-7H2,1-4H3;1-4H3. The molecule has 0 aromatic carbocycles. The second-order valence-electron chi connectivity index (χ2n) is 4.48. The highest BCUT2D eigenvalue weighted by molar-refractivity contribution is 6.69. The van der Waals surface area contributed by atoms with Gasteiger partial charge in [0.05, 0.1) is 0 Å². The van der Waals surface area contributed by atoms with Crippen LogP contribution in [0.15, 0.2) is 0 Å². The van der Waals surface area contributed by atoms with Crippen molar-refractivity contribution in [2.75, 3.05) is 26.9 Å². The van der Waals surface area contributed by atoms with Crippen molar-refractivity contribution in [3.8, 4) is 0 Å². The van der Waals surface area contributed by atoms with E-state index in [-0.39, 0.29) is 0 Å². The molecule has 106 valence electrons. The van der Waals surface area contributed by atoms with Crippen LogP contribution < -0.4 is 0 Å². The van der Waals surface area contributed by atoms with E-state index >= 15 is 0 Å². The SMILES string of the molecule is CCO[Si](C)(OCC)OCC.CO[Si](C)(C)C. The molecular formula is C11H30O4Si2. The van der Waals surface area contributed by atoms with E-state index in [0.717, 1.165) is 0 Å². The molecule has 0 unspecified atom stereocenters. The average molecular weight is 283 g/mol. The maximum atomic E-state index is 5.40. The second-order valence-corrected chi connectivity index (χ2v) is 11.7. The highest BCUT2D eigenvalue weighted by Gasteiger charge is 2.32.